The lowest BCUT2D eigenvalue weighted by Gasteiger charge is -2.36. The Labute approximate surface area is 181 Å². The molecule has 1 saturated heterocycles. The molecule has 12 heteroatoms. The van der Waals surface area contributed by atoms with E-state index in [0.29, 0.717) is 18.6 Å². The lowest BCUT2D eigenvalue weighted by molar-refractivity contribution is -0.0508. The minimum atomic E-state index is -4.07. The van der Waals surface area contributed by atoms with Gasteiger partial charge in [-0.3, -0.25) is 23.4 Å². The van der Waals surface area contributed by atoms with E-state index in [0.717, 1.165) is 16.7 Å². The van der Waals surface area contributed by atoms with Gasteiger partial charge < -0.3 is 9.26 Å². The summed E-state index contributed by atoms with van der Waals surface area (Å²) in [5.41, 5.74) is 2.30. The Kier molecular flexibility index (Phi) is 5.61. The quantitative estimate of drug-likeness (QED) is 0.441. The number of H-pyrrole nitrogens is 1. The van der Waals surface area contributed by atoms with E-state index >= 15 is 0 Å². The summed E-state index contributed by atoms with van der Waals surface area (Å²) in [6, 6.07) is 5.14. The summed E-state index contributed by atoms with van der Waals surface area (Å²) in [6.07, 6.45) is 1.14. The molecule has 0 aliphatic carbocycles. The number of ether oxygens (including phenoxy) is 1. The van der Waals surface area contributed by atoms with Crippen LogP contribution in [0.5, 0.6) is 5.75 Å². The summed E-state index contributed by atoms with van der Waals surface area (Å²) >= 11 is 5.16. The third kappa shape index (κ3) is 4.22. The van der Waals surface area contributed by atoms with Crippen molar-refractivity contribution in [3.05, 3.63) is 56.2 Å². The first-order chi connectivity index (χ1) is 14.1. The van der Waals surface area contributed by atoms with E-state index in [1.54, 1.807) is 4.57 Å². The lowest BCUT2D eigenvalue weighted by Crippen LogP contribution is -2.46. The Morgan fingerprint density at radius 2 is 2.10 bits per heavy atom. The number of aromatic nitrogens is 2. The highest BCUT2D eigenvalue weighted by atomic mass is 32.1. The molecule has 0 bridgehead atoms. The van der Waals surface area contributed by atoms with Gasteiger partial charge in [0, 0.05) is 23.2 Å². The molecule has 3 heterocycles. The maximum atomic E-state index is 13.1. The molecule has 0 saturated carbocycles. The van der Waals surface area contributed by atoms with Crippen LogP contribution in [0.2, 0.25) is 0 Å². The van der Waals surface area contributed by atoms with Crippen molar-refractivity contribution in [2.24, 2.45) is 0 Å². The Bertz CT molecular complexity index is 1150. The number of benzene rings is 1. The molecule has 4 rings (SSSR count). The van der Waals surface area contributed by atoms with E-state index in [1.807, 2.05) is 26.0 Å². The van der Waals surface area contributed by atoms with Crippen LogP contribution in [-0.2, 0) is 25.0 Å². The highest BCUT2D eigenvalue weighted by Gasteiger charge is 2.46. The summed E-state index contributed by atoms with van der Waals surface area (Å²) in [4.78, 5) is 13.9. The van der Waals surface area contributed by atoms with Crippen LogP contribution >= 0.6 is 20.0 Å². The van der Waals surface area contributed by atoms with Crippen LogP contribution in [0.1, 0.15) is 35.8 Å². The summed E-state index contributed by atoms with van der Waals surface area (Å²) in [5.74, 6) is 0.441. The second-order valence-corrected chi connectivity index (χ2v) is 9.41. The largest absolute Gasteiger partial charge is 0.529 e. The van der Waals surface area contributed by atoms with Gasteiger partial charge in [0.25, 0.3) is 5.56 Å². The molecule has 0 spiro atoms. The van der Waals surface area contributed by atoms with Crippen molar-refractivity contribution in [3.8, 4) is 5.75 Å². The van der Waals surface area contributed by atoms with E-state index in [1.165, 1.54) is 12.3 Å². The van der Waals surface area contributed by atoms with Gasteiger partial charge in [0.2, 0.25) is 0 Å². The van der Waals surface area contributed by atoms with Gasteiger partial charge >= 0.3 is 7.82 Å². The van der Waals surface area contributed by atoms with Crippen molar-refractivity contribution in [1.29, 1.82) is 0 Å². The van der Waals surface area contributed by atoms with Gasteiger partial charge in [0.05, 0.1) is 12.7 Å². The van der Waals surface area contributed by atoms with Crippen LogP contribution in [0, 0.1) is 18.6 Å². The van der Waals surface area contributed by atoms with E-state index in [2.05, 4.69) is 4.98 Å². The summed E-state index contributed by atoms with van der Waals surface area (Å²) < 4.78 is 37.2. The summed E-state index contributed by atoms with van der Waals surface area (Å²) in [5, 5.41) is -1.94. The molecule has 2 aromatic rings. The number of nitrogens with one attached hydrogen (secondary N) is 1. The second kappa shape index (κ2) is 7.80. The van der Waals surface area contributed by atoms with Gasteiger partial charge in [-0.15, -0.1) is 0 Å². The molecule has 1 aromatic heterocycles. The molecule has 1 N–H and O–H groups in total. The predicted octanol–water partition coefficient (Wildman–Crippen LogP) is 2.93. The first-order valence-corrected chi connectivity index (χ1v) is 11.2. The lowest BCUT2D eigenvalue weighted by atomic mass is 9.61. The van der Waals surface area contributed by atoms with Crippen molar-refractivity contribution >= 4 is 35.7 Å². The number of hydrogen-bond acceptors (Lipinski definition) is 7. The maximum Gasteiger partial charge on any atom is 0.529 e. The van der Waals surface area contributed by atoms with Gasteiger partial charge in [-0.05, 0) is 44.5 Å². The number of fused-ring (bicyclic) bond motifs is 1. The fourth-order valence-corrected chi connectivity index (χ4v) is 5.38. The standard InChI is InChI=1S/C18H19B2N2O6PS/c1-10-7-11(2)16-12(8-10)9-25-29(24,27-16)28-18(19,20)13-3-4-15(26-13)22-6-5-14(23)21-17(22)30/h5-8,13,15H,3-4,9H2,1-2H3,(H,21,23,30). The van der Waals surface area contributed by atoms with Gasteiger partial charge in [0.15, 0.2) is 4.77 Å². The number of hydrogen-bond donors (Lipinski definition) is 1. The molecule has 154 valence electrons. The van der Waals surface area contributed by atoms with Gasteiger partial charge in [-0.1, -0.05) is 17.7 Å². The second-order valence-electron chi connectivity index (χ2n) is 7.50. The topological polar surface area (TPSA) is 91.8 Å². The van der Waals surface area contributed by atoms with E-state index in [-0.39, 0.29) is 16.9 Å². The number of nitrogens with zero attached hydrogens (tertiary/aromatic N) is 1. The van der Waals surface area contributed by atoms with Gasteiger partial charge in [-0.25, -0.2) is 4.57 Å². The maximum absolute atomic E-state index is 13.1. The fraction of sp³-hybridized carbons (Fsp3) is 0.444. The molecule has 1 fully saturated rings. The Morgan fingerprint density at radius 3 is 2.83 bits per heavy atom. The average Bonchev–Trinajstić information content (AvgIpc) is 3.13. The third-order valence-electron chi connectivity index (χ3n) is 5.01. The van der Waals surface area contributed by atoms with Crippen LogP contribution in [0.4, 0.5) is 0 Å². The van der Waals surface area contributed by atoms with Crippen LogP contribution in [0.25, 0.3) is 0 Å². The molecule has 4 radical (unpaired) electrons. The molecule has 30 heavy (non-hydrogen) atoms. The molecule has 1 aromatic carbocycles. The molecule has 8 nitrogen and oxygen atoms in total. The number of phosphoric acid groups is 1. The van der Waals surface area contributed by atoms with Crippen molar-refractivity contribution < 1.29 is 22.9 Å². The number of aromatic amines is 1. The van der Waals surface area contributed by atoms with Crippen LogP contribution in [0.3, 0.4) is 0 Å². The Balaban J connectivity index is 1.50. The van der Waals surface area contributed by atoms with E-state index in [4.69, 9.17) is 46.2 Å². The number of phosphoric ester groups is 1. The van der Waals surface area contributed by atoms with Crippen molar-refractivity contribution in [2.45, 2.75) is 51.0 Å². The average molecular weight is 444 g/mol. The molecular weight excluding hydrogens is 425 g/mol. The van der Waals surface area contributed by atoms with Crippen molar-refractivity contribution in [3.63, 3.8) is 0 Å². The predicted molar refractivity (Wildman–Crippen MR) is 113 cm³/mol. The number of rotatable bonds is 4. The zero-order valence-corrected chi connectivity index (χ0v) is 18.2. The summed E-state index contributed by atoms with van der Waals surface area (Å²) in [7, 11) is 8.18. The van der Waals surface area contributed by atoms with Crippen LogP contribution in [-0.4, -0.2) is 36.7 Å². The van der Waals surface area contributed by atoms with Crippen LogP contribution in [0.15, 0.2) is 29.2 Å². The van der Waals surface area contributed by atoms with Crippen molar-refractivity contribution in [1.82, 2.24) is 9.55 Å². The normalized spacial score (nSPS) is 26.2. The smallest absolute Gasteiger partial charge is 0.403 e. The highest BCUT2D eigenvalue weighted by Crippen LogP contribution is 2.58. The van der Waals surface area contributed by atoms with E-state index < -0.39 is 25.6 Å². The zero-order chi connectivity index (χ0) is 21.7. The Morgan fingerprint density at radius 1 is 1.33 bits per heavy atom. The molecule has 0 amide bonds. The highest BCUT2D eigenvalue weighted by molar-refractivity contribution is 7.71. The van der Waals surface area contributed by atoms with E-state index in [9.17, 15) is 9.36 Å². The monoisotopic (exact) mass is 444 g/mol. The third-order valence-corrected chi connectivity index (χ3v) is 6.71. The minimum absolute atomic E-state index is 0.0475. The SMILES string of the molecule is [B]C([B])(OP1(=O)OCc2cc(C)cc(C)c2O1)C1CCC(n2ccc(=O)[nH]c2=S)O1. The number of aryl methyl sites for hydroxylation is 2. The molecule has 3 atom stereocenters. The molecular formula is C18H19B2N2O6PS. The molecule has 3 unspecified atom stereocenters. The first-order valence-electron chi connectivity index (χ1n) is 9.36. The van der Waals surface area contributed by atoms with Gasteiger partial charge in [0.1, 0.15) is 27.7 Å². The first kappa shape index (κ1) is 21.6. The Hall–Kier alpha value is -1.64. The molecule has 2 aliphatic rings. The van der Waals surface area contributed by atoms with Crippen LogP contribution < -0.4 is 10.1 Å². The van der Waals surface area contributed by atoms with Gasteiger partial charge in [-0.2, -0.15) is 0 Å². The fourth-order valence-electron chi connectivity index (χ4n) is 3.67. The zero-order valence-electron chi connectivity index (χ0n) is 16.5. The molecule has 2 aliphatic heterocycles. The van der Waals surface area contributed by atoms with Crippen molar-refractivity contribution in [2.75, 3.05) is 0 Å². The summed E-state index contributed by atoms with van der Waals surface area (Å²) in [6.45, 7) is 3.84. The minimum Gasteiger partial charge on any atom is -0.403 e.